The molecular formula is C11H11N3O3S. The van der Waals surface area contributed by atoms with E-state index in [0.717, 1.165) is 4.31 Å². The van der Waals surface area contributed by atoms with Gasteiger partial charge in [0, 0.05) is 37.9 Å². The molecule has 18 heavy (non-hydrogen) atoms. The molecule has 0 aromatic carbocycles. The van der Waals surface area contributed by atoms with Crippen LogP contribution < -0.4 is 9.73 Å². The second kappa shape index (κ2) is 4.61. The second-order valence-corrected chi connectivity index (χ2v) is 5.49. The van der Waals surface area contributed by atoms with Crippen molar-refractivity contribution in [3.05, 3.63) is 53.2 Å². The molecule has 0 aliphatic carbocycles. The summed E-state index contributed by atoms with van der Waals surface area (Å²) in [6.07, 6.45) is 5.52. The van der Waals surface area contributed by atoms with Crippen molar-refractivity contribution in [3.63, 3.8) is 0 Å². The third kappa shape index (κ3) is 2.12. The largest absolute Gasteiger partial charge is 0.366 e. The van der Waals surface area contributed by atoms with Crippen LogP contribution in [0.15, 0.2) is 52.7 Å². The third-order valence-corrected chi connectivity index (χ3v) is 4.26. The number of pyridine rings is 2. The molecule has 7 heteroatoms. The van der Waals surface area contributed by atoms with Crippen molar-refractivity contribution >= 4 is 15.7 Å². The Morgan fingerprint density at radius 2 is 1.89 bits per heavy atom. The Balaban J connectivity index is 2.51. The summed E-state index contributed by atoms with van der Waals surface area (Å²) in [4.78, 5) is 17.7. The molecule has 1 N–H and O–H groups in total. The Bertz CT molecular complexity index is 695. The lowest BCUT2D eigenvalue weighted by atomic mass is 10.4. The molecule has 2 aromatic heterocycles. The summed E-state index contributed by atoms with van der Waals surface area (Å²) >= 11 is 0. The fourth-order valence-corrected chi connectivity index (χ4v) is 2.68. The summed E-state index contributed by atoms with van der Waals surface area (Å²) in [7, 11) is -2.47. The molecule has 2 rings (SSSR count). The molecule has 0 radical (unpaired) electrons. The van der Waals surface area contributed by atoms with E-state index in [2.05, 4.69) is 9.97 Å². The molecule has 0 fully saturated rings. The molecule has 0 amide bonds. The maximum Gasteiger partial charge on any atom is 0.269 e. The van der Waals surface area contributed by atoms with Gasteiger partial charge >= 0.3 is 0 Å². The van der Waals surface area contributed by atoms with Gasteiger partial charge in [0.05, 0.1) is 5.69 Å². The number of aromatic nitrogens is 2. The number of nitrogens with one attached hydrogen (secondary N) is 1. The third-order valence-electron chi connectivity index (χ3n) is 2.45. The Hall–Kier alpha value is -2.15. The highest BCUT2D eigenvalue weighted by Crippen LogP contribution is 2.18. The van der Waals surface area contributed by atoms with Crippen LogP contribution in [0.25, 0.3) is 0 Å². The second-order valence-electron chi connectivity index (χ2n) is 3.55. The van der Waals surface area contributed by atoms with Crippen LogP contribution in [0.5, 0.6) is 0 Å². The van der Waals surface area contributed by atoms with Crippen LogP contribution in [0.4, 0.5) is 5.69 Å². The lowest BCUT2D eigenvalue weighted by Gasteiger charge is -2.18. The Morgan fingerprint density at radius 1 is 1.22 bits per heavy atom. The molecule has 2 aromatic rings. The van der Waals surface area contributed by atoms with Crippen molar-refractivity contribution in [3.8, 4) is 0 Å². The average Bonchev–Trinajstić information content (AvgIpc) is 2.39. The molecule has 0 bridgehead atoms. The van der Waals surface area contributed by atoms with E-state index < -0.39 is 15.5 Å². The summed E-state index contributed by atoms with van der Waals surface area (Å²) < 4.78 is 25.5. The smallest absolute Gasteiger partial charge is 0.269 e. The van der Waals surface area contributed by atoms with E-state index in [1.165, 1.54) is 37.9 Å². The van der Waals surface area contributed by atoms with Crippen molar-refractivity contribution in [2.45, 2.75) is 4.90 Å². The quantitative estimate of drug-likeness (QED) is 0.880. The molecule has 0 saturated carbocycles. The maximum absolute atomic E-state index is 12.2. The zero-order valence-corrected chi connectivity index (χ0v) is 10.4. The van der Waals surface area contributed by atoms with Gasteiger partial charge in [0.2, 0.25) is 5.43 Å². The van der Waals surface area contributed by atoms with Crippen LogP contribution in [-0.2, 0) is 10.0 Å². The summed E-state index contributed by atoms with van der Waals surface area (Å²) in [6.45, 7) is 0. The highest BCUT2D eigenvalue weighted by atomic mass is 32.2. The fraction of sp³-hybridized carbons (Fsp3) is 0.0909. The van der Waals surface area contributed by atoms with Gasteiger partial charge in [0.15, 0.2) is 4.90 Å². The van der Waals surface area contributed by atoms with Crippen molar-refractivity contribution < 1.29 is 8.42 Å². The van der Waals surface area contributed by atoms with Crippen LogP contribution >= 0.6 is 0 Å². The monoisotopic (exact) mass is 265 g/mol. The first kappa shape index (κ1) is 12.3. The van der Waals surface area contributed by atoms with Gasteiger partial charge in [-0.3, -0.25) is 14.1 Å². The Morgan fingerprint density at radius 3 is 2.50 bits per heavy atom. The number of anilines is 1. The minimum absolute atomic E-state index is 0.288. The molecule has 0 aliphatic heterocycles. The molecule has 2 heterocycles. The maximum atomic E-state index is 12.2. The standard InChI is InChI=1S/C11H11N3O3S/c1-14(9-2-5-12-6-3-9)18(16,17)11-8-13-7-4-10(11)15/h2-8H,1H3,(H,13,15). The lowest BCUT2D eigenvalue weighted by molar-refractivity contribution is 0.593. The molecular weight excluding hydrogens is 254 g/mol. The lowest BCUT2D eigenvalue weighted by Crippen LogP contribution is -2.30. The summed E-state index contributed by atoms with van der Waals surface area (Å²) in [5.74, 6) is 0. The van der Waals surface area contributed by atoms with E-state index in [4.69, 9.17) is 0 Å². The molecule has 0 spiro atoms. The first-order valence-corrected chi connectivity index (χ1v) is 6.53. The highest BCUT2D eigenvalue weighted by molar-refractivity contribution is 7.92. The minimum atomic E-state index is -3.86. The number of aromatic amines is 1. The number of hydrogen-bond acceptors (Lipinski definition) is 4. The van der Waals surface area contributed by atoms with Gasteiger partial charge in [-0.2, -0.15) is 0 Å². The first-order chi connectivity index (χ1) is 8.53. The van der Waals surface area contributed by atoms with E-state index in [-0.39, 0.29) is 4.90 Å². The minimum Gasteiger partial charge on any atom is -0.366 e. The zero-order chi connectivity index (χ0) is 13.2. The van der Waals surface area contributed by atoms with E-state index in [0.29, 0.717) is 5.69 Å². The molecule has 0 saturated heterocycles. The van der Waals surface area contributed by atoms with Gasteiger partial charge in [-0.15, -0.1) is 0 Å². The van der Waals surface area contributed by atoms with Crippen LogP contribution in [-0.4, -0.2) is 25.4 Å². The Kier molecular flexibility index (Phi) is 3.15. The van der Waals surface area contributed by atoms with E-state index >= 15 is 0 Å². The van der Waals surface area contributed by atoms with E-state index in [9.17, 15) is 13.2 Å². The highest BCUT2D eigenvalue weighted by Gasteiger charge is 2.23. The molecule has 0 aliphatic rings. The van der Waals surface area contributed by atoms with Crippen LogP contribution in [0.3, 0.4) is 0 Å². The van der Waals surface area contributed by atoms with Crippen LogP contribution in [0, 0.1) is 0 Å². The fourth-order valence-electron chi connectivity index (χ4n) is 1.44. The van der Waals surface area contributed by atoms with Crippen molar-refractivity contribution in [2.75, 3.05) is 11.4 Å². The SMILES string of the molecule is CN(c1ccncc1)S(=O)(=O)c1c[nH]ccc1=O. The number of H-pyrrole nitrogens is 1. The van der Waals surface area contributed by atoms with Crippen LogP contribution in [0.2, 0.25) is 0 Å². The zero-order valence-electron chi connectivity index (χ0n) is 9.57. The summed E-state index contributed by atoms with van der Waals surface area (Å²) in [5.41, 5.74) is -0.108. The number of rotatable bonds is 3. The van der Waals surface area contributed by atoms with Crippen molar-refractivity contribution in [1.29, 1.82) is 0 Å². The molecule has 6 nitrogen and oxygen atoms in total. The number of sulfonamides is 1. The average molecular weight is 265 g/mol. The van der Waals surface area contributed by atoms with E-state index in [1.54, 1.807) is 12.1 Å². The topological polar surface area (TPSA) is 83.1 Å². The number of hydrogen-bond donors (Lipinski definition) is 1. The normalized spacial score (nSPS) is 11.2. The van der Waals surface area contributed by atoms with Gasteiger partial charge in [-0.05, 0) is 12.1 Å². The molecule has 94 valence electrons. The Labute approximate surface area is 104 Å². The van der Waals surface area contributed by atoms with E-state index in [1.807, 2.05) is 0 Å². The van der Waals surface area contributed by atoms with Crippen molar-refractivity contribution in [2.24, 2.45) is 0 Å². The molecule has 0 unspecified atom stereocenters. The van der Waals surface area contributed by atoms with Gasteiger partial charge in [0.1, 0.15) is 0 Å². The predicted molar refractivity (Wildman–Crippen MR) is 66.9 cm³/mol. The summed E-state index contributed by atoms with van der Waals surface area (Å²) in [6, 6.07) is 4.27. The molecule has 0 atom stereocenters. The van der Waals surface area contributed by atoms with Gasteiger partial charge < -0.3 is 4.98 Å². The van der Waals surface area contributed by atoms with Gasteiger partial charge in [-0.1, -0.05) is 0 Å². The van der Waals surface area contributed by atoms with Crippen LogP contribution in [0.1, 0.15) is 0 Å². The predicted octanol–water partition coefficient (Wildman–Crippen LogP) is 0.595. The van der Waals surface area contributed by atoms with Gasteiger partial charge in [0.25, 0.3) is 10.0 Å². The first-order valence-electron chi connectivity index (χ1n) is 5.09. The number of nitrogens with zero attached hydrogens (tertiary/aromatic N) is 2. The summed E-state index contributed by atoms with van der Waals surface area (Å²) in [5, 5.41) is 0. The van der Waals surface area contributed by atoms with Crippen molar-refractivity contribution in [1.82, 2.24) is 9.97 Å². The van der Waals surface area contributed by atoms with Gasteiger partial charge in [-0.25, -0.2) is 8.42 Å².